The normalized spacial score (nSPS) is 14.7. The van der Waals surface area contributed by atoms with E-state index in [1.54, 1.807) is 6.07 Å². The van der Waals surface area contributed by atoms with Crippen molar-refractivity contribution in [3.8, 4) is 0 Å². The van der Waals surface area contributed by atoms with Crippen LogP contribution in [0.25, 0.3) is 0 Å². The Morgan fingerprint density at radius 3 is 2.38 bits per heavy atom. The van der Waals surface area contributed by atoms with Gasteiger partial charge in [0.25, 0.3) is 11.8 Å². The van der Waals surface area contributed by atoms with Gasteiger partial charge in [0.05, 0.1) is 11.1 Å². The van der Waals surface area contributed by atoms with E-state index in [-0.39, 0.29) is 17.9 Å². The number of amides is 2. The Morgan fingerprint density at radius 1 is 0.962 bits per heavy atom. The van der Waals surface area contributed by atoms with Crippen LogP contribution in [-0.2, 0) is 0 Å². The molecule has 1 saturated carbocycles. The topological polar surface area (TPSA) is 71.1 Å². The number of benzene rings is 1. The number of carbonyl (C=O) groups excluding carboxylic acids is 2. The first-order chi connectivity index (χ1) is 12.5. The number of pyridine rings is 1. The SMILES string of the molecule is Cc1ccc(C)c(NC(=O)c2cncc(C(=O)NC3CCCCC3)c2)c1. The quantitative estimate of drug-likeness (QED) is 0.874. The molecule has 0 atom stereocenters. The average molecular weight is 351 g/mol. The second-order valence-electron chi connectivity index (χ2n) is 7.04. The van der Waals surface area contributed by atoms with E-state index >= 15 is 0 Å². The van der Waals surface area contributed by atoms with E-state index in [4.69, 9.17) is 0 Å². The summed E-state index contributed by atoms with van der Waals surface area (Å²) in [6.45, 7) is 3.92. The second-order valence-corrected chi connectivity index (χ2v) is 7.04. The van der Waals surface area contributed by atoms with Crippen LogP contribution in [0.1, 0.15) is 63.9 Å². The molecule has 1 aromatic heterocycles. The number of nitrogens with zero attached hydrogens (tertiary/aromatic N) is 1. The van der Waals surface area contributed by atoms with Crippen LogP contribution in [0.2, 0.25) is 0 Å². The average Bonchev–Trinajstić information content (AvgIpc) is 2.65. The number of hydrogen-bond acceptors (Lipinski definition) is 3. The van der Waals surface area contributed by atoms with Gasteiger partial charge < -0.3 is 10.6 Å². The highest BCUT2D eigenvalue weighted by Crippen LogP contribution is 2.19. The third-order valence-electron chi connectivity index (χ3n) is 4.84. The fraction of sp³-hybridized carbons (Fsp3) is 0.381. The van der Waals surface area contributed by atoms with E-state index in [1.807, 2.05) is 32.0 Å². The van der Waals surface area contributed by atoms with Crippen LogP contribution in [0.15, 0.2) is 36.7 Å². The van der Waals surface area contributed by atoms with Gasteiger partial charge in [-0.1, -0.05) is 31.4 Å². The van der Waals surface area contributed by atoms with E-state index in [0.29, 0.717) is 11.1 Å². The van der Waals surface area contributed by atoms with Crippen molar-refractivity contribution in [3.63, 3.8) is 0 Å². The smallest absolute Gasteiger partial charge is 0.257 e. The third-order valence-corrected chi connectivity index (χ3v) is 4.84. The molecule has 0 saturated heterocycles. The molecule has 1 heterocycles. The summed E-state index contributed by atoms with van der Waals surface area (Å²) in [5.74, 6) is -0.427. The van der Waals surface area contributed by atoms with Crippen LogP contribution >= 0.6 is 0 Å². The van der Waals surface area contributed by atoms with Gasteiger partial charge in [-0.15, -0.1) is 0 Å². The summed E-state index contributed by atoms with van der Waals surface area (Å²) in [6.07, 6.45) is 8.58. The Hall–Kier alpha value is -2.69. The van der Waals surface area contributed by atoms with Crippen LogP contribution in [-0.4, -0.2) is 22.8 Å². The van der Waals surface area contributed by atoms with E-state index in [0.717, 1.165) is 42.5 Å². The second kappa shape index (κ2) is 8.13. The summed E-state index contributed by atoms with van der Waals surface area (Å²) in [7, 11) is 0. The summed E-state index contributed by atoms with van der Waals surface area (Å²) in [5, 5.41) is 5.96. The lowest BCUT2D eigenvalue weighted by molar-refractivity contribution is 0.0927. The highest BCUT2D eigenvalue weighted by Gasteiger charge is 2.18. The highest BCUT2D eigenvalue weighted by molar-refractivity contribution is 6.06. The molecule has 2 amide bonds. The zero-order chi connectivity index (χ0) is 18.5. The van der Waals surface area contributed by atoms with Crippen molar-refractivity contribution < 1.29 is 9.59 Å². The maximum absolute atomic E-state index is 12.6. The first kappa shape index (κ1) is 18.1. The van der Waals surface area contributed by atoms with E-state index in [9.17, 15) is 9.59 Å². The molecule has 1 aliphatic rings. The van der Waals surface area contributed by atoms with Crippen molar-refractivity contribution in [2.24, 2.45) is 0 Å². The number of nitrogens with one attached hydrogen (secondary N) is 2. The molecule has 1 aromatic carbocycles. The molecular formula is C21H25N3O2. The van der Waals surface area contributed by atoms with Crippen LogP contribution in [0, 0.1) is 13.8 Å². The van der Waals surface area contributed by atoms with Gasteiger partial charge in [0.1, 0.15) is 0 Å². The maximum atomic E-state index is 12.6. The predicted octanol–water partition coefficient (Wildman–Crippen LogP) is 4.01. The fourth-order valence-electron chi connectivity index (χ4n) is 3.27. The molecule has 0 aliphatic heterocycles. The number of carbonyl (C=O) groups is 2. The minimum Gasteiger partial charge on any atom is -0.349 e. The van der Waals surface area contributed by atoms with E-state index < -0.39 is 0 Å². The van der Waals surface area contributed by atoms with Gasteiger partial charge >= 0.3 is 0 Å². The monoisotopic (exact) mass is 351 g/mol. The maximum Gasteiger partial charge on any atom is 0.257 e. The summed E-state index contributed by atoms with van der Waals surface area (Å²) in [5.41, 5.74) is 3.63. The summed E-state index contributed by atoms with van der Waals surface area (Å²) < 4.78 is 0. The number of aryl methyl sites for hydroxylation is 2. The summed E-state index contributed by atoms with van der Waals surface area (Å²) >= 11 is 0. The zero-order valence-corrected chi connectivity index (χ0v) is 15.3. The van der Waals surface area contributed by atoms with Crippen LogP contribution in [0.4, 0.5) is 5.69 Å². The molecule has 1 fully saturated rings. The molecule has 0 unspecified atom stereocenters. The minimum atomic E-state index is -0.265. The van der Waals surface area contributed by atoms with Gasteiger partial charge in [-0.05, 0) is 49.9 Å². The van der Waals surface area contributed by atoms with Crippen LogP contribution in [0.5, 0.6) is 0 Å². The lowest BCUT2D eigenvalue weighted by Crippen LogP contribution is -2.36. The fourth-order valence-corrected chi connectivity index (χ4v) is 3.27. The summed E-state index contributed by atoms with van der Waals surface area (Å²) in [6, 6.07) is 7.73. The Morgan fingerprint density at radius 2 is 1.65 bits per heavy atom. The number of hydrogen-bond donors (Lipinski definition) is 2. The highest BCUT2D eigenvalue weighted by atomic mass is 16.2. The van der Waals surface area contributed by atoms with Crippen molar-refractivity contribution in [3.05, 3.63) is 58.9 Å². The number of aromatic nitrogens is 1. The molecule has 136 valence electrons. The number of anilines is 1. The molecule has 2 N–H and O–H groups in total. The standard InChI is InChI=1S/C21H25N3O2/c1-14-8-9-15(2)19(10-14)24-21(26)17-11-16(12-22-13-17)20(25)23-18-6-4-3-5-7-18/h8-13,18H,3-7H2,1-2H3,(H,23,25)(H,24,26). The Labute approximate surface area is 154 Å². The van der Waals surface area contributed by atoms with Gasteiger partial charge in [0.2, 0.25) is 0 Å². The Kier molecular flexibility index (Phi) is 5.66. The Bertz CT molecular complexity index is 811. The minimum absolute atomic E-state index is 0.161. The van der Waals surface area contributed by atoms with Gasteiger partial charge in [0, 0.05) is 24.1 Å². The lowest BCUT2D eigenvalue weighted by Gasteiger charge is -2.22. The molecule has 1 aliphatic carbocycles. The third kappa shape index (κ3) is 4.48. The van der Waals surface area contributed by atoms with Crippen molar-refractivity contribution in [1.82, 2.24) is 10.3 Å². The van der Waals surface area contributed by atoms with Crippen molar-refractivity contribution in [2.45, 2.75) is 52.0 Å². The van der Waals surface area contributed by atoms with Gasteiger partial charge in [0.15, 0.2) is 0 Å². The Balaban J connectivity index is 1.70. The van der Waals surface area contributed by atoms with Crippen LogP contribution in [0.3, 0.4) is 0 Å². The van der Waals surface area contributed by atoms with Crippen LogP contribution < -0.4 is 10.6 Å². The molecule has 2 aromatic rings. The van der Waals surface area contributed by atoms with Crippen molar-refractivity contribution in [1.29, 1.82) is 0 Å². The largest absolute Gasteiger partial charge is 0.349 e. The van der Waals surface area contributed by atoms with E-state index in [2.05, 4.69) is 15.6 Å². The molecule has 3 rings (SSSR count). The first-order valence-electron chi connectivity index (χ1n) is 9.17. The van der Waals surface area contributed by atoms with Gasteiger partial charge in [-0.2, -0.15) is 0 Å². The number of rotatable bonds is 4. The molecular weight excluding hydrogens is 326 g/mol. The molecule has 26 heavy (non-hydrogen) atoms. The lowest BCUT2D eigenvalue weighted by atomic mass is 9.95. The zero-order valence-electron chi connectivity index (χ0n) is 15.3. The predicted molar refractivity (Wildman–Crippen MR) is 102 cm³/mol. The first-order valence-corrected chi connectivity index (χ1v) is 9.17. The molecule has 0 radical (unpaired) electrons. The molecule has 0 bridgehead atoms. The molecule has 5 nitrogen and oxygen atoms in total. The molecule has 5 heteroatoms. The van der Waals surface area contributed by atoms with Gasteiger partial charge in [-0.3, -0.25) is 14.6 Å². The summed E-state index contributed by atoms with van der Waals surface area (Å²) in [4.78, 5) is 29.1. The molecule has 0 spiro atoms. The van der Waals surface area contributed by atoms with Gasteiger partial charge in [-0.25, -0.2) is 0 Å². The van der Waals surface area contributed by atoms with Crippen molar-refractivity contribution >= 4 is 17.5 Å². The van der Waals surface area contributed by atoms with Crippen molar-refractivity contribution in [2.75, 3.05) is 5.32 Å². The van der Waals surface area contributed by atoms with E-state index in [1.165, 1.54) is 18.8 Å².